The molecule has 0 saturated heterocycles. The standard InChI is InChI=1S/C12H14BrF4O3P/c1-3-19-21(18,20-4-2)11(14)8-5-6-10(13)9(7-8)12(15,16)17/h5-7,11H,3-4H2,1-2H3. The van der Waals surface area contributed by atoms with Gasteiger partial charge in [0, 0.05) is 4.47 Å². The quantitative estimate of drug-likeness (QED) is 0.459. The molecule has 1 aromatic carbocycles. The van der Waals surface area contributed by atoms with Gasteiger partial charge in [0.15, 0.2) is 0 Å². The Bertz CT molecular complexity index is 526. The lowest BCUT2D eigenvalue weighted by Crippen LogP contribution is -2.08. The normalized spacial score (nSPS) is 14.2. The van der Waals surface area contributed by atoms with Gasteiger partial charge in [-0.1, -0.05) is 22.0 Å². The summed E-state index contributed by atoms with van der Waals surface area (Å²) in [5.41, 5.74) is -1.46. The van der Waals surface area contributed by atoms with Crippen molar-refractivity contribution in [1.82, 2.24) is 0 Å². The van der Waals surface area contributed by atoms with Crippen LogP contribution in [0.25, 0.3) is 0 Å². The van der Waals surface area contributed by atoms with Crippen LogP contribution in [0.3, 0.4) is 0 Å². The van der Waals surface area contributed by atoms with E-state index in [1.54, 1.807) is 0 Å². The van der Waals surface area contributed by atoms with Gasteiger partial charge in [-0.05, 0) is 31.5 Å². The topological polar surface area (TPSA) is 35.5 Å². The Labute approximate surface area is 128 Å². The molecule has 0 aromatic heterocycles. The maximum absolute atomic E-state index is 14.4. The lowest BCUT2D eigenvalue weighted by atomic mass is 10.1. The molecule has 0 saturated carbocycles. The third-order valence-electron chi connectivity index (χ3n) is 2.47. The van der Waals surface area contributed by atoms with Gasteiger partial charge in [0.25, 0.3) is 0 Å². The third-order valence-corrected chi connectivity index (χ3v) is 5.25. The lowest BCUT2D eigenvalue weighted by Gasteiger charge is -2.21. The molecule has 0 spiro atoms. The predicted molar refractivity (Wildman–Crippen MR) is 73.9 cm³/mol. The first-order valence-electron chi connectivity index (χ1n) is 6.05. The molecule has 1 aromatic rings. The second kappa shape index (κ2) is 7.22. The van der Waals surface area contributed by atoms with Crippen molar-refractivity contribution >= 4 is 23.5 Å². The van der Waals surface area contributed by atoms with E-state index in [-0.39, 0.29) is 17.7 Å². The molecular formula is C12H14BrF4O3P. The van der Waals surface area contributed by atoms with Gasteiger partial charge in [-0.3, -0.25) is 4.57 Å². The second-order valence-corrected chi connectivity index (χ2v) is 6.85. The van der Waals surface area contributed by atoms with E-state index in [2.05, 4.69) is 15.9 Å². The Kier molecular flexibility index (Phi) is 6.40. The summed E-state index contributed by atoms with van der Waals surface area (Å²) in [7, 11) is -4.17. The van der Waals surface area contributed by atoms with Crippen molar-refractivity contribution in [2.75, 3.05) is 13.2 Å². The first kappa shape index (κ1) is 18.6. The van der Waals surface area contributed by atoms with Gasteiger partial charge >= 0.3 is 13.8 Å². The van der Waals surface area contributed by atoms with Crippen LogP contribution in [0, 0.1) is 0 Å². The Balaban J connectivity index is 3.23. The fourth-order valence-electron chi connectivity index (χ4n) is 1.62. The largest absolute Gasteiger partial charge is 0.417 e. The van der Waals surface area contributed by atoms with Crippen LogP contribution in [0.15, 0.2) is 22.7 Å². The Morgan fingerprint density at radius 1 is 1.24 bits per heavy atom. The number of alkyl halides is 4. The van der Waals surface area contributed by atoms with Gasteiger partial charge in [0.2, 0.25) is 5.91 Å². The number of benzene rings is 1. The highest BCUT2D eigenvalue weighted by Gasteiger charge is 2.39. The molecule has 0 aliphatic carbocycles. The van der Waals surface area contributed by atoms with Crippen LogP contribution in [0.4, 0.5) is 17.6 Å². The van der Waals surface area contributed by atoms with Crippen LogP contribution in [0.2, 0.25) is 0 Å². The van der Waals surface area contributed by atoms with Gasteiger partial charge < -0.3 is 9.05 Å². The fourth-order valence-corrected chi connectivity index (χ4v) is 3.67. The molecule has 1 atom stereocenters. The average Bonchev–Trinajstić information content (AvgIpc) is 2.37. The fraction of sp³-hybridized carbons (Fsp3) is 0.500. The van der Waals surface area contributed by atoms with E-state index in [9.17, 15) is 22.1 Å². The molecule has 9 heteroatoms. The molecule has 0 fully saturated rings. The van der Waals surface area contributed by atoms with Gasteiger partial charge in [-0.25, -0.2) is 4.39 Å². The third kappa shape index (κ3) is 4.52. The Morgan fingerprint density at radius 3 is 2.19 bits per heavy atom. The molecule has 1 rings (SSSR count). The zero-order valence-electron chi connectivity index (χ0n) is 11.3. The average molecular weight is 393 g/mol. The summed E-state index contributed by atoms with van der Waals surface area (Å²) in [5.74, 6) is -2.29. The molecule has 0 radical (unpaired) electrons. The summed E-state index contributed by atoms with van der Waals surface area (Å²) in [6, 6.07) is 2.75. The zero-order chi connectivity index (χ0) is 16.3. The summed E-state index contributed by atoms with van der Waals surface area (Å²) in [5, 5.41) is 0. The molecule has 3 nitrogen and oxygen atoms in total. The minimum absolute atomic E-state index is 0.0830. The highest BCUT2D eigenvalue weighted by Crippen LogP contribution is 2.62. The Hall–Kier alpha value is -0.430. The zero-order valence-corrected chi connectivity index (χ0v) is 13.8. The SMILES string of the molecule is CCOP(=O)(OCC)C(F)c1ccc(Br)c(C(F)(F)F)c1. The van der Waals surface area contributed by atoms with E-state index in [1.807, 2.05) is 0 Å². The summed E-state index contributed by atoms with van der Waals surface area (Å²) in [6.07, 6.45) is -4.66. The van der Waals surface area contributed by atoms with Crippen molar-refractivity contribution in [3.63, 3.8) is 0 Å². The number of halogens is 5. The smallest absolute Gasteiger partial charge is 0.307 e. The molecule has 21 heavy (non-hydrogen) atoms. The van der Waals surface area contributed by atoms with Crippen LogP contribution in [0.1, 0.15) is 30.9 Å². The van der Waals surface area contributed by atoms with Gasteiger partial charge in [0.1, 0.15) is 0 Å². The molecule has 0 N–H and O–H groups in total. The van der Waals surface area contributed by atoms with Crippen molar-refractivity contribution in [3.8, 4) is 0 Å². The maximum Gasteiger partial charge on any atom is 0.417 e. The van der Waals surface area contributed by atoms with Crippen LogP contribution < -0.4 is 0 Å². The van der Waals surface area contributed by atoms with E-state index < -0.39 is 30.8 Å². The molecule has 1 unspecified atom stereocenters. The van der Waals surface area contributed by atoms with E-state index in [0.29, 0.717) is 6.07 Å². The summed E-state index contributed by atoms with van der Waals surface area (Å²) < 4.78 is 74.4. The van der Waals surface area contributed by atoms with Crippen LogP contribution in [0.5, 0.6) is 0 Å². The highest BCUT2D eigenvalue weighted by molar-refractivity contribution is 9.10. The Morgan fingerprint density at radius 2 is 1.76 bits per heavy atom. The van der Waals surface area contributed by atoms with Crippen LogP contribution in [-0.4, -0.2) is 13.2 Å². The van der Waals surface area contributed by atoms with Crippen LogP contribution in [-0.2, 0) is 19.8 Å². The highest BCUT2D eigenvalue weighted by atomic mass is 79.9. The van der Waals surface area contributed by atoms with E-state index in [4.69, 9.17) is 9.05 Å². The van der Waals surface area contributed by atoms with Gasteiger partial charge in [-0.2, -0.15) is 13.2 Å². The molecule has 120 valence electrons. The van der Waals surface area contributed by atoms with Crippen molar-refractivity contribution < 1.29 is 31.2 Å². The number of hydrogen-bond donors (Lipinski definition) is 0. The summed E-state index contributed by atoms with van der Waals surface area (Å²) in [4.78, 5) is 0. The monoisotopic (exact) mass is 392 g/mol. The molecule has 0 aliphatic rings. The van der Waals surface area contributed by atoms with E-state index >= 15 is 0 Å². The molecule has 0 amide bonds. The van der Waals surface area contributed by atoms with Crippen LogP contribution >= 0.6 is 23.5 Å². The van der Waals surface area contributed by atoms with Crippen molar-refractivity contribution in [1.29, 1.82) is 0 Å². The van der Waals surface area contributed by atoms with E-state index in [0.717, 1.165) is 12.1 Å². The molecular weight excluding hydrogens is 379 g/mol. The molecule has 0 heterocycles. The second-order valence-electron chi connectivity index (χ2n) is 3.95. The molecule has 0 aliphatic heterocycles. The number of rotatable bonds is 6. The predicted octanol–water partition coefficient (Wildman–Crippen LogP) is 5.70. The van der Waals surface area contributed by atoms with Crippen molar-refractivity contribution in [2.45, 2.75) is 25.9 Å². The molecule has 0 bridgehead atoms. The minimum atomic E-state index is -4.66. The lowest BCUT2D eigenvalue weighted by molar-refractivity contribution is -0.138. The van der Waals surface area contributed by atoms with Crippen molar-refractivity contribution in [3.05, 3.63) is 33.8 Å². The first-order chi connectivity index (χ1) is 9.65. The summed E-state index contributed by atoms with van der Waals surface area (Å²) >= 11 is 2.75. The number of hydrogen-bond acceptors (Lipinski definition) is 3. The summed E-state index contributed by atoms with van der Waals surface area (Å²) in [6.45, 7) is 2.81. The first-order valence-corrected chi connectivity index (χ1v) is 8.45. The van der Waals surface area contributed by atoms with Gasteiger partial charge in [0.05, 0.1) is 18.8 Å². The maximum atomic E-state index is 14.4. The van der Waals surface area contributed by atoms with Crippen molar-refractivity contribution in [2.24, 2.45) is 0 Å². The minimum Gasteiger partial charge on any atom is -0.307 e. The van der Waals surface area contributed by atoms with Gasteiger partial charge in [-0.15, -0.1) is 0 Å². The van der Waals surface area contributed by atoms with E-state index in [1.165, 1.54) is 13.8 Å².